The van der Waals surface area contributed by atoms with Crippen LogP contribution in [0.2, 0.25) is 18.1 Å². The molecule has 4 nitrogen and oxygen atoms in total. The molecule has 0 aliphatic heterocycles. The van der Waals surface area contributed by atoms with Crippen LogP contribution in [0.5, 0.6) is 0 Å². The van der Waals surface area contributed by atoms with Crippen molar-refractivity contribution in [1.29, 1.82) is 0 Å². The third-order valence-electron chi connectivity index (χ3n) is 9.52. The van der Waals surface area contributed by atoms with Crippen molar-refractivity contribution >= 4 is 31.3 Å². The zero-order valence-corrected chi connectivity index (χ0v) is 22.7. The van der Waals surface area contributed by atoms with E-state index in [2.05, 4.69) is 71.1 Å². The van der Waals surface area contributed by atoms with Crippen LogP contribution < -0.4 is 0 Å². The number of fused-ring (bicyclic) bond motifs is 3. The molecule has 0 saturated heterocycles. The molecule has 2 bridgehead atoms. The van der Waals surface area contributed by atoms with E-state index in [0.717, 1.165) is 28.3 Å². The lowest BCUT2D eigenvalue weighted by Gasteiger charge is -2.56. The number of carbonyl (C=O) groups is 2. The monoisotopic (exact) mass is 465 g/mol. The molecule has 33 heavy (non-hydrogen) atoms. The number of nitrogens with zero attached hydrogens (tertiary/aromatic N) is 1. The highest BCUT2D eigenvalue weighted by Crippen LogP contribution is 2.61. The highest BCUT2D eigenvalue weighted by molar-refractivity contribution is 6.74. The number of ketones is 1. The Kier molecular flexibility index (Phi) is 5.14. The lowest BCUT2D eigenvalue weighted by atomic mass is 9.49. The first-order chi connectivity index (χ1) is 15.1. The van der Waals surface area contributed by atoms with Gasteiger partial charge in [0.2, 0.25) is 0 Å². The summed E-state index contributed by atoms with van der Waals surface area (Å²) in [4.78, 5) is 27.7. The smallest absolute Gasteiger partial charge is 0.192 e. The quantitative estimate of drug-likeness (QED) is 0.238. The van der Waals surface area contributed by atoms with Gasteiger partial charge in [0.15, 0.2) is 14.1 Å². The molecule has 1 aromatic carbocycles. The summed E-state index contributed by atoms with van der Waals surface area (Å²) < 4.78 is 9.18. The summed E-state index contributed by atoms with van der Waals surface area (Å²) in [6, 6.07) is 6.02. The van der Waals surface area contributed by atoms with Crippen molar-refractivity contribution in [1.82, 2.24) is 4.57 Å². The summed E-state index contributed by atoms with van der Waals surface area (Å²) in [6.07, 6.45) is 5.19. The second kappa shape index (κ2) is 7.02. The van der Waals surface area contributed by atoms with E-state index in [1.54, 1.807) is 0 Å². The Labute approximate surface area is 199 Å². The van der Waals surface area contributed by atoms with Crippen LogP contribution in [-0.2, 0) is 31.9 Å². The minimum Gasteiger partial charge on any atom is -0.413 e. The molecule has 0 amide bonds. The van der Waals surface area contributed by atoms with Crippen molar-refractivity contribution in [3.05, 3.63) is 48.2 Å². The van der Waals surface area contributed by atoms with E-state index in [9.17, 15) is 9.59 Å². The summed E-state index contributed by atoms with van der Waals surface area (Å²) >= 11 is 0. The van der Waals surface area contributed by atoms with Crippen molar-refractivity contribution in [2.24, 2.45) is 18.4 Å². The topological polar surface area (TPSA) is 48.3 Å². The summed E-state index contributed by atoms with van der Waals surface area (Å²) in [5, 5.41) is 1.05. The van der Waals surface area contributed by atoms with Gasteiger partial charge in [-0.2, -0.15) is 0 Å². The normalized spacial score (nSPS) is 31.4. The lowest BCUT2D eigenvalue weighted by molar-refractivity contribution is -0.151. The molecule has 1 fully saturated rings. The van der Waals surface area contributed by atoms with Crippen LogP contribution >= 0.6 is 0 Å². The van der Waals surface area contributed by atoms with Gasteiger partial charge in [0.05, 0.1) is 6.10 Å². The summed E-state index contributed by atoms with van der Waals surface area (Å²) in [7, 11) is -0.154. The Morgan fingerprint density at radius 2 is 1.82 bits per heavy atom. The third kappa shape index (κ3) is 2.84. The molecule has 0 spiro atoms. The average Bonchev–Trinajstić information content (AvgIpc) is 3.05. The number of benzene rings is 1. The van der Waals surface area contributed by atoms with E-state index in [1.807, 2.05) is 32.2 Å². The summed E-state index contributed by atoms with van der Waals surface area (Å²) in [5.41, 5.74) is 0.350. The predicted molar refractivity (Wildman–Crippen MR) is 137 cm³/mol. The van der Waals surface area contributed by atoms with Gasteiger partial charge in [0.25, 0.3) is 0 Å². The Hall–Kier alpha value is -1.98. The SMILES string of the molecule is C=C[C@]1(C)[C@@H](O[Si](C)(C)C(C)(C)C)C[C@H]2C(=O)[C@]1(C=O)c1cccc3c1c(cn3C)C2(C)C. The minimum absolute atomic E-state index is 0.00587. The molecular formula is C28H39NO3Si. The second-order valence-electron chi connectivity index (χ2n) is 12.5. The molecule has 4 atom stereocenters. The molecule has 0 N–H and O–H groups in total. The standard InChI is InChI=1S/C28H39NO3Si/c1-11-27(7)22(32-33(9,10)25(2,3)4)15-19-24(31)28(27,17-30)18-13-12-14-21-23(18)20(16-29(21)8)26(19,5)6/h11-14,16-17,19,22H,1,15H2,2-10H3/t19-,22-,27+,28-/m0/s1. The number of hydrogen-bond donors (Lipinski definition) is 0. The van der Waals surface area contributed by atoms with E-state index in [1.165, 1.54) is 0 Å². The lowest BCUT2D eigenvalue weighted by Crippen LogP contribution is -2.65. The first-order valence-electron chi connectivity index (χ1n) is 12.0. The fourth-order valence-corrected chi connectivity index (χ4v) is 7.50. The van der Waals surface area contributed by atoms with Crippen molar-refractivity contribution in [2.75, 3.05) is 0 Å². The Morgan fingerprint density at radius 3 is 2.36 bits per heavy atom. The van der Waals surface area contributed by atoms with Crippen LogP contribution in [0.3, 0.4) is 0 Å². The van der Waals surface area contributed by atoms with Gasteiger partial charge in [0.1, 0.15) is 11.7 Å². The fraction of sp³-hybridized carbons (Fsp3) is 0.571. The first-order valence-corrected chi connectivity index (χ1v) is 14.9. The Morgan fingerprint density at radius 1 is 1.18 bits per heavy atom. The van der Waals surface area contributed by atoms with Crippen LogP contribution in [0.15, 0.2) is 37.1 Å². The average molecular weight is 466 g/mol. The van der Waals surface area contributed by atoms with Gasteiger partial charge in [-0.1, -0.05) is 59.8 Å². The summed E-state index contributed by atoms with van der Waals surface area (Å²) in [5.74, 6) is -0.324. The van der Waals surface area contributed by atoms with Crippen LogP contribution in [0.1, 0.15) is 59.1 Å². The molecular weight excluding hydrogens is 426 g/mol. The third-order valence-corrected chi connectivity index (χ3v) is 14.0. The fourth-order valence-electron chi connectivity index (χ4n) is 6.10. The number of rotatable bonds is 4. The molecule has 1 saturated carbocycles. The number of hydrogen-bond acceptors (Lipinski definition) is 3. The molecule has 0 radical (unpaired) electrons. The van der Waals surface area contributed by atoms with E-state index < -0.39 is 24.6 Å². The van der Waals surface area contributed by atoms with Gasteiger partial charge in [-0.3, -0.25) is 4.79 Å². The zero-order valence-electron chi connectivity index (χ0n) is 21.7. The zero-order chi connectivity index (χ0) is 24.8. The molecule has 1 heterocycles. The maximum atomic E-state index is 14.4. The van der Waals surface area contributed by atoms with Gasteiger partial charge >= 0.3 is 0 Å². The van der Waals surface area contributed by atoms with Gasteiger partial charge in [-0.05, 0) is 41.7 Å². The van der Waals surface area contributed by atoms with E-state index in [0.29, 0.717) is 6.42 Å². The maximum Gasteiger partial charge on any atom is 0.192 e. The maximum absolute atomic E-state index is 14.4. The molecule has 2 aliphatic carbocycles. The Bertz CT molecular complexity index is 1170. The van der Waals surface area contributed by atoms with Gasteiger partial charge in [0, 0.05) is 40.9 Å². The van der Waals surface area contributed by atoms with Gasteiger partial charge < -0.3 is 13.8 Å². The number of aromatic nitrogens is 1. The molecule has 5 heteroatoms. The number of carbonyl (C=O) groups excluding carboxylic acids is 2. The van der Waals surface area contributed by atoms with Crippen molar-refractivity contribution in [3.8, 4) is 0 Å². The van der Waals surface area contributed by atoms with Crippen LogP contribution in [0.4, 0.5) is 0 Å². The molecule has 1 aromatic heterocycles. The molecule has 0 unspecified atom stereocenters. The molecule has 2 aliphatic rings. The Balaban J connectivity index is 2.09. The molecule has 4 rings (SSSR count). The van der Waals surface area contributed by atoms with E-state index in [4.69, 9.17) is 4.43 Å². The molecule has 2 aromatic rings. The van der Waals surface area contributed by atoms with E-state index in [-0.39, 0.29) is 22.8 Å². The predicted octanol–water partition coefficient (Wildman–Crippen LogP) is 6.08. The van der Waals surface area contributed by atoms with Gasteiger partial charge in [-0.15, -0.1) is 6.58 Å². The van der Waals surface area contributed by atoms with Crippen LogP contribution in [0, 0.1) is 11.3 Å². The van der Waals surface area contributed by atoms with Crippen molar-refractivity contribution in [2.45, 2.75) is 83.0 Å². The second-order valence-corrected chi connectivity index (χ2v) is 17.3. The highest BCUT2D eigenvalue weighted by atomic mass is 28.4. The van der Waals surface area contributed by atoms with Crippen LogP contribution in [-0.4, -0.2) is 31.1 Å². The molecule has 178 valence electrons. The van der Waals surface area contributed by atoms with Crippen molar-refractivity contribution in [3.63, 3.8) is 0 Å². The number of Topliss-reactive ketones (excluding diaryl/α,β-unsaturated/α-hetero) is 1. The van der Waals surface area contributed by atoms with Gasteiger partial charge in [-0.25, -0.2) is 0 Å². The largest absolute Gasteiger partial charge is 0.413 e. The highest BCUT2D eigenvalue weighted by Gasteiger charge is 2.67. The van der Waals surface area contributed by atoms with Crippen LogP contribution in [0.25, 0.3) is 10.9 Å². The van der Waals surface area contributed by atoms with E-state index >= 15 is 0 Å². The minimum atomic E-state index is -2.19. The number of aryl methyl sites for hydroxylation is 1. The first kappa shape index (κ1) is 24.2. The summed E-state index contributed by atoms with van der Waals surface area (Å²) in [6.45, 7) is 21.7. The van der Waals surface area contributed by atoms with Crippen molar-refractivity contribution < 1.29 is 14.0 Å². The number of aldehydes is 1.